The zero-order chi connectivity index (χ0) is 15.0. The molecule has 0 N–H and O–H groups in total. The fraction of sp³-hybridized carbons (Fsp3) is 0.529. The van der Waals surface area contributed by atoms with Gasteiger partial charge in [-0.15, -0.1) is 0 Å². The van der Waals surface area contributed by atoms with E-state index in [2.05, 4.69) is 74.4 Å². The van der Waals surface area contributed by atoms with Crippen LogP contribution in [-0.2, 0) is 0 Å². The molecule has 0 spiro atoms. The summed E-state index contributed by atoms with van der Waals surface area (Å²) in [5.41, 5.74) is 1.32. The summed E-state index contributed by atoms with van der Waals surface area (Å²) in [6, 6.07) is 10.7. The fourth-order valence-corrected chi connectivity index (χ4v) is 5.25. The van der Waals surface area contributed by atoms with Crippen LogP contribution in [0.3, 0.4) is 0 Å². The van der Waals surface area contributed by atoms with Crippen LogP contribution in [0.4, 0.5) is 0 Å². The van der Waals surface area contributed by atoms with Crippen molar-refractivity contribution < 1.29 is 0 Å². The van der Waals surface area contributed by atoms with Gasteiger partial charge in [0.1, 0.15) is 0 Å². The lowest BCUT2D eigenvalue weighted by molar-refractivity contribution is 0.116. The van der Waals surface area contributed by atoms with Crippen LogP contribution in [0.1, 0.15) is 33.3 Å². The SMILES string of the molecule is C=C([SiH2]C(N(CC)CC)N(CC)CC)c1ccccc1. The molecule has 0 unspecified atom stereocenters. The maximum Gasteiger partial charge on any atom is 0.0922 e. The van der Waals surface area contributed by atoms with Gasteiger partial charge in [-0.1, -0.05) is 69.8 Å². The summed E-state index contributed by atoms with van der Waals surface area (Å²) < 4.78 is 0. The molecular weight excluding hydrogens is 260 g/mol. The van der Waals surface area contributed by atoms with E-state index in [1.165, 1.54) is 10.8 Å². The summed E-state index contributed by atoms with van der Waals surface area (Å²) in [6.45, 7) is 17.9. The summed E-state index contributed by atoms with van der Waals surface area (Å²) >= 11 is 0. The molecule has 3 heteroatoms. The van der Waals surface area contributed by atoms with Gasteiger partial charge in [0.05, 0.1) is 9.52 Å². The molecule has 0 aliphatic heterocycles. The van der Waals surface area contributed by atoms with Gasteiger partial charge in [-0.3, -0.25) is 9.80 Å². The Kier molecular flexibility index (Phi) is 7.81. The van der Waals surface area contributed by atoms with Crippen molar-refractivity contribution in [3.8, 4) is 0 Å². The Balaban J connectivity index is 2.86. The largest absolute Gasteiger partial charge is 0.291 e. The Bertz CT molecular complexity index is 371. The second-order valence-electron chi connectivity index (χ2n) is 5.10. The van der Waals surface area contributed by atoms with Gasteiger partial charge >= 0.3 is 0 Å². The third-order valence-corrected chi connectivity index (χ3v) is 6.38. The average molecular weight is 291 g/mol. The molecule has 1 rings (SSSR count). The Morgan fingerprint density at radius 1 is 0.950 bits per heavy atom. The summed E-state index contributed by atoms with van der Waals surface area (Å²) in [7, 11) is -0.430. The molecule has 0 radical (unpaired) electrons. The van der Waals surface area contributed by atoms with E-state index in [0.717, 1.165) is 26.2 Å². The Labute approximate surface area is 127 Å². The predicted octanol–water partition coefficient (Wildman–Crippen LogP) is 2.79. The van der Waals surface area contributed by atoms with E-state index in [0.29, 0.717) is 5.79 Å². The minimum Gasteiger partial charge on any atom is -0.291 e. The van der Waals surface area contributed by atoms with Gasteiger partial charge in [0, 0.05) is 5.79 Å². The minimum atomic E-state index is -0.430. The normalized spacial score (nSPS) is 12.2. The van der Waals surface area contributed by atoms with E-state index >= 15 is 0 Å². The molecule has 0 aliphatic carbocycles. The summed E-state index contributed by atoms with van der Waals surface area (Å²) in [5.74, 6) is 0.590. The highest BCUT2D eigenvalue weighted by molar-refractivity contribution is 6.61. The molecule has 0 heterocycles. The minimum absolute atomic E-state index is 0.430. The lowest BCUT2D eigenvalue weighted by atomic mass is 10.2. The van der Waals surface area contributed by atoms with Crippen LogP contribution >= 0.6 is 0 Å². The monoisotopic (exact) mass is 290 g/mol. The van der Waals surface area contributed by atoms with Crippen LogP contribution in [0.5, 0.6) is 0 Å². The lowest BCUT2D eigenvalue weighted by Crippen LogP contribution is -2.52. The molecule has 0 aromatic heterocycles. The molecule has 0 amide bonds. The van der Waals surface area contributed by atoms with Crippen molar-refractivity contribution in [3.05, 3.63) is 42.5 Å². The van der Waals surface area contributed by atoms with E-state index in [1.54, 1.807) is 0 Å². The highest BCUT2D eigenvalue weighted by atomic mass is 28.2. The third kappa shape index (κ3) is 4.58. The molecule has 2 nitrogen and oxygen atoms in total. The van der Waals surface area contributed by atoms with Crippen molar-refractivity contribution in [1.29, 1.82) is 0 Å². The number of hydrogen-bond donors (Lipinski definition) is 0. The van der Waals surface area contributed by atoms with Gasteiger partial charge in [-0.05, 0) is 31.7 Å². The van der Waals surface area contributed by atoms with Crippen LogP contribution in [0.15, 0.2) is 36.9 Å². The smallest absolute Gasteiger partial charge is 0.0922 e. The van der Waals surface area contributed by atoms with E-state index in [-0.39, 0.29) is 0 Å². The van der Waals surface area contributed by atoms with Crippen LogP contribution in [0.2, 0.25) is 0 Å². The first-order chi connectivity index (χ1) is 9.67. The van der Waals surface area contributed by atoms with Gasteiger partial charge < -0.3 is 0 Å². The van der Waals surface area contributed by atoms with Gasteiger partial charge in [0.2, 0.25) is 0 Å². The zero-order valence-corrected chi connectivity index (χ0v) is 15.0. The average Bonchev–Trinajstić information content (AvgIpc) is 2.50. The highest BCUT2D eigenvalue weighted by Crippen LogP contribution is 2.15. The molecule has 1 aromatic carbocycles. The van der Waals surface area contributed by atoms with Gasteiger partial charge in [-0.25, -0.2) is 0 Å². The first-order valence-electron chi connectivity index (χ1n) is 7.89. The Hall–Kier alpha value is -0.903. The van der Waals surface area contributed by atoms with Gasteiger partial charge in [0.15, 0.2) is 0 Å². The lowest BCUT2D eigenvalue weighted by Gasteiger charge is -2.38. The van der Waals surface area contributed by atoms with E-state index < -0.39 is 9.52 Å². The number of hydrogen-bond acceptors (Lipinski definition) is 2. The highest BCUT2D eigenvalue weighted by Gasteiger charge is 2.22. The van der Waals surface area contributed by atoms with Crippen molar-refractivity contribution in [2.45, 2.75) is 33.5 Å². The molecule has 0 atom stereocenters. The quantitative estimate of drug-likeness (QED) is 0.510. The van der Waals surface area contributed by atoms with Crippen molar-refractivity contribution in [2.75, 3.05) is 26.2 Å². The number of rotatable bonds is 9. The van der Waals surface area contributed by atoms with Crippen LogP contribution in [0, 0.1) is 0 Å². The second kappa shape index (κ2) is 9.11. The molecule has 1 aromatic rings. The predicted molar refractivity (Wildman–Crippen MR) is 93.7 cm³/mol. The summed E-state index contributed by atoms with van der Waals surface area (Å²) in [4.78, 5) is 5.18. The van der Waals surface area contributed by atoms with E-state index in [4.69, 9.17) is 0 Å². The molecule has 0 bridgehead atoms. The van der Waals surface area contributed by atoms with Crippen LogP contribution in [0.25, 0.3) is 5.20 Å². The molecule has 0 saturated heterocycles. The van der Waals surface area contributed by atoms with Crippen molar-refractivity contribution in [2.24, 2.45) is 0 Å². The standard InChI is InChI=1S/C17H30N2Si/c1-6-18(7-2)17(19(8-3)9-4)20-15(5)16-13-11-10-12-14-16/h10-14,17H,5-9,20H2,1-4H3. The van der Waals surface area contributed by atoms with Crippen LogP contribution < -0.4 is 0 Å². The summed E-state index contributed by atoms with van der Waals surface area (Å²) in [6.07, 6.45) is 0. The maximum atomic E-state index is 4.38. The number of benzene rings is 1. The molecule has 0 aliphatic rings. The fourth-order valence-electron chi connectivity index (χ4n) is 2.79. The number of nitrogens with zero attached hydrogens (tertiary/aromatic N) is 2. The van der Waals surface area contributed by atoms with Crippen molar-refractivity contribution in [3.63, 3.8) is 0 Å². The Morgan fingerprint density at radius 3 is 1.80 bits per heavy atom. The zero-order valence-electron chi connectivity index (χ0n) is 13.6. The topological polar surface area (TPSA) is 6.48 Å². The second-order valence-corrected chi connectivity index (χ2v) is 7.09. The van der Waals surface area contributed by atoms with E-state index in [9.17, 15) is 0 Å². The molecule has 112 valence electrons. The third-order valence-electron chi connectivity index (χ3n) is 4.08. The van der Waals surface area contributed by atoms with Gasteiger partial charge in [-0.2, -0.15) is 0 Å². The van der Waals surface area contributed by atoms with E-state index in [1.807, 2.05) is 0 Å². The first-order valence-corrected chi connectivity index (χ1v) is 9.41. The molecular formula is C17H30N2Si. The molecule has 0 fully saturated rings. The van der Waals surface area contributed by atoms with Crippen LogP contribution in [-0.4, -0.2) is 51.3 Å². The Morgan fingerprint density at radius 2 is 1.40 bits per heavy atom. The van der Waals surface area contributed by atoms with Crippen molar-refractivity contribution in [1.82, 2.24) is 9.80 Å². The molecule has 0 saturated carbocycles. The molecule has 20 heavy (non-hydrogen) atoms. The first kappa shape index (κ1) is 17.1. The van der Waals surface area contributed by atoms with Crippen molar-refractivity contribution >= 4 is 14.7 Å². The maximum absolute atomic E-state index is 4.38. The van der Waals surface area contributed by atoms with Gasteiger partial charge in [0.25, 0.3) is 0 Å². The summed E-state index contributed by atoms with van der Waals surface area (Å²) in [5, 5.41) is 1.37.